The molecule has 1 aromatic carbocycles. The Bertz CT molecular complexity index is 271. The Kier molecular flexibility index (Phi) is 6.58. The van der Waals surface area contributed by atoms with Crippen LogP contribution < -0.4 is 5.32 Å². The molecular formula is C14H23NS. The maximum atomic E-state index is 3.55. The minimum absolute atomic E-state index is 0.495. The van der Waals surface area contributed by atoms with E-state index in [0.717, 1.165) is 18.2 Å². The van der Waals surface area contributed by atoms with Crippen molar-refractivity contribution in [2.45, 2.75) is 26.8 Å². The summed E-state index contributed by atoms with van der Waals surface area (Å²) in [5, 5.41) is 3.55. The highest BCUT2D eigenvalue weighted by Gasteiger charge is 2.09. The smallest absolute Gasteiger partial charge is 0.0411 e. The molecule has 0 radical (unpaired) electrons. The van der Waals surface area contributed by atoms with Gasteiger partial charge >= 0.3 is 0 Å². The van der Waals surface area contributed by atoms with Crippen LogP contribution in [0.1, 0.15) is 32.4 Å². The molecule has 0 fully saturated rings. The van der Waals surface area contributed by atoms with Gasteiger partial charge in [0.05, 0.1) is 0 Å². The minimum atomic E-state index is 0.495. The fraction of sp³-hybridized carbons (Fsp3) is 0.571. The first-order chi connectivity index (χ1) is 7.74. The van der Waals surface area contributed by atoms with Gasteiger partial charge in [-0.25, -0.2) is 0 Å². The predicted molar refractivity (Wildman–Crippen MR) is 75.0 cm³/mol. The monoisotopic (exact) mass is 237 g/mol. The first-order valence-electron chi connectivity index (χ1n) is 6.10. The molecule has 0 saturated heterocycles. The Morgan fingerprint density at radius 3 is 2.38 bits per heavy atom. The number of benzene rings is 1. The highest BCUT2D eigenvalue weighted by atomic mass is 32.2. The lowest BCUT2D eigenvalue weighted by Gasteiger charge is -2.18. The number of hydrogen-bond donors (Lipinski definition) is 1. The van der Waals surface area contributed by atoms with E-state index in [-0.39, 0.29) is 0 Å². The van der Waals surface area contributed by atoms with E-state index >= 15 is 0 Å². The van der Waals surface area contributed by atoms with Gasteiger partial charge < -0.3 is 5.32 Å². The van der Waals surface area contributed by atoms with Gasteiger partial charge in [0.1, 0.15) is 0 Å². The van der Waals surface area contributed by atoms with E-state index in [1.807, 2.05) is 11.8 Å². The van der Waals surface area contributed by atoms with E-state index in [1.165, 1.54) is 11.3 Å². The summed E-state index contributed by atoms with van der Waals surface area (Å²) in [4.78, 5) is 0. The van der Waals surface area contributed by atoms with Gasteiger partial charge in [0.15, 0.2) is 0 Å². The molecule has 0 amide bonds. The molecular weight excluding hydrogens is 214 g/mol. The highest BCUT2D eigenvalue weighted by Crippen LogP contribution is 2.19. The lowest BCUT2D eigenvalue weighted by molar-refractivity contribution is 0.605. The van der Waals surface area contributed by atoms with Crippen molar-refractivity contribution < 1.29 is 0 Å². The second kappa shape index (κ2) is 7.75. The van der Waals surface area contributed by atoms with Crippen LogP contribution in [0.15, 0.2) is 30.3 Å². The van der Waals surface area contributed by atoms with Crippen molar-refractivity contribution in [3.63, 3.8) is 0 Å². The van der Waals surface area contributed by atoms with Gasteiger partial charge in [-0.3, -0.25) is 0 Å². The summed E-state index contributed by atoms with van der Waals surface area (Å²) in [5.41, 5.74) is 1.40. The van der Waals surface area contributed by atoms with Gasteiger partial charge in [0.2, 0.25) is 0 Å². The first-order valence-corrected chi connectivity index (χ1v) is 7.25. The van der Waals surface area contributed by atoms with Crippen LogP contribution in [-0.2, 0) is 0 Å². The average Bonchev–Trinajstić information content (AvgIpc) is 2.29. The maximum absolute atomic E-state index is 3.55. The Morgan fingerprint density at radius 1 is 1.12 bits per heavy atom. The molecule has 0 saturated carbocycles. The van der Waals surface area contributed by atoms with Crippen molar-refractivity contribution in [1.82, 2.24) is 5.32 Å². The summed E-state index contributed by atoms with van der Waals surface area (Å²) in [6.45, 7) is 7.75. The Hall–Kier alpha value is -0.470. The van der Waals surface area contributed by atoms with Gasteiger partial charge in [-0.1, -0.05) is 51.1 Å². The molecule has 0 spiro atoms. The average molecular weight is 237 g/mol. The largest absolute Gasteiger partial charge is 0.310 e. The van der Waals surface area contributed by atoms with E-state index in [2.05, 4.69) is 56.4 Å². The zero-order valence-corrected chi connectivity index (χ0v) is 11.4. The molecule has 1 rings (SSSR count). The third-order valence-electron chi connectivity index (χ3n) is 2.39. The van der Waals surface area contributed by atoms with Crippen molar-refractivity contribution in [3.05, 3.63) is 35.9 Å². The van der Waals surface area contributed by atoms with E-state index in [4.69, 9.17) is 0 Å². The number of rotatable bonds is 7. The molecule has 90 valence electrons. The first kappa shape index (κ1) is 13.6. The van der Waals surface area contributed by atoms with E-state index in [1.54, 1.807) is 0 Å². The van der Waals surface area contributed by atoms with Crippen LogP contribution in [0.5, 0.6) is 0 Å². The molecule has 0 aliphatic carbocycles. The van der Waals surface area contributed by atoms with Crippen LogP contribution in [-0.4, -0.2) is 18.1 Å². The fourth-order valence-corrected chi connectivity index (χ4v) is 2.78. The molecule has 0 aliphatic rings. The summed E-state index contributed by atoms with van der Waals surface area (Å²) in [6, 6.07) is 11.2. The topological polar surface area (TPSA) is 12.0 Å². The number of nitrogens with one attached hydrogen (secondary N) is 1. The summed E-state index contributed by atoms with van der Waals surface area (Å²) in [7, 11) is 0. The molecule has 0 aromatic heterocycles. The molecule has 16 heavy (non-hydrogen) atoms. The van der Waals surface area contributed by atoms with Crippen LogP contribution in [0.2, 0.25) is 0 Å². The SMILES string of the molecule is CCNC(CSCC(C)C)c1ccccc1. The number of hydrogen-bond acceptors (Lipinski definition) is 2. The Labute approximate surface area is 104 Å². The maximum Gasteiger partial charge on any atom is 0.0411 e. The number of thioether (sulfide) groups is 1. The van der Waals surface area contributed by atoms with Crippen molar-refractivity contribution in [3.8, 4) is 0 Å². The van der Waals surface area contributed by atoms with Crippen LogP contribution in [0, 0.1) is 5.92 Å². The predicted octanol–water partition coefficient (Wildman–Crippen LogP) is 3.73. The Morgan fingerprint density at radius 2 is 1.81 bits per heavy atom. The second-order valence-electron chi connectivity index (χ2n) is 4.45. The molecule has 0 aliphatic heterocycles. The van der Waals surface area contributed by atoms with Crippen molar-refractivity contribution in [1.29, 1.82) is 0 Å². The lowest BCUT2D eigenvalue weighted by Crippen LogP contribution is -2.23. The van der Waals surface area contributed by atoms with E-state index < -0.39 is 0 Å². The van der Waals surface area contributed by atoms with Crippen LogP contribution >= 0.6 is 11.8 Å². The van der Waals surface area contributed by atoms with Gasteiger partial charge in [-0.2, -0.15) is 11.8 Å². The zero-order valence-electron chi connectivity index (χ0n) is 10.6. The standard InChI is InChI=1S/C14H23NS/c1-4-15-14(11-16-10-12(2)3)13-8-6-5-7-9-13/h5-9,12,14-15H,4,10-11H2,1-3H3. The van der Waals surface area contributed by atoms with Crippen molar-refractivity contribution in [2.75, 3.05) is 18.1 Å². The quantitative estimate of drug-likeness (QED) is 0.775. The molecule has 0 bridgehead atoms. The molecule has 2 heteroatoms. The molecule has 1 atom stereocenters. The lowest BCUT2D eigenvalue weighted by atomic mass is 10.1. The third kappa shape index (κ3) is 5.04. The molecule has 0 heterocycles. The van der Waals surface area contributed by atoms with Gasteiger partial charge in [0, 0.05) is 11.8 Å². The van der Waals surface area contributed by atoms with E-state index in [0.29, 0.717) is 6.04 Å². The highest BCUT2D eigenvalue weighted by molar-refractivity contribution is 7.99. The summed E-state index contributed by atoms with van der Waals surface area (Å²) >= 11 is 2.04. The van der Waals surface area contributed by atoms with Gasteiger partial charge in [-0.05, 0) is 23.8 Å². The normalized spacial score (nSPS) is 13.0. The molecule has 1 aromatic rings. The molecule has 1 N–H and O–H groups in total. The summed E-state index contributed by atoms with van der Waals surface area (Å²) in [6.07, 6.45) is 0. The fourth-order valence-electron chi connectivity index (χ4n) is 1.63. The third-order valence-corrected chi connectivity index (χ3v) is 3.86. The van der Waals surface area contributed by atoms with E-state index in [9.17, 15) is 0 Å². The summed E-state index contributed by atoms with van der Waals surface area (Å²) in [5.74, 6) is 3.19. The Balaban J connectivity index is 2.48. The van der Waals surface area contributed by atoms with Crippen molar-refractivity contribution in [2.24, 2.45) is 5.92 Å². The van der Waals surface area contributed by atoms with Gasteiger partial charge in [-0.15, -0.1) is 0 Å². The minimum Gasteiger partial charge on any atom is -0.310 e. The van der Waals surface area contributed by atoms with Crippen LogP contribution in [0.25, 0.3) is 0 Å². The zero-order chi connectivity index (χ0) is 11.8. The molecule has 1 nitrogen and oxygen atoms in total. The molecule has 1 unspecified atom stereocenters. The van der Waals surface area contributed by atoms with Gasteiger partial charge in [0.25, 0.3) is 0 Å². The van der Waals surface area contributed by atoms with Crippen molar-refractivity contribution >= 4 is 11.8 Å². The second-order valence-corrected chi connectivity index (χ2v) is 5.53. The summed E-state index contributed by atoms with van der Waals surface area (Å²) < 4.78 is 0. The van der Waals surface area contributed by atoms with Crippen LogP contribution in [0.3, 0.4) is 0 Å². The van der Waals surface area contributed by atoms with Crippen LogP contribution in [0.4, 0.5) is 0 Å².